The molecule has 0 aliphatic heterocycles. The van der Waals surface area contributed by atoms with Gasteiger partial charge in [-0.25, -0.2) is 9.48 Å². The van der Waals surface area contributed by atoms with Crippen LogP contribution in [0.5, 0.6) is 5.75 Å². The van der Waals surface area contributed by atoms with Crippen molar-refractivity contribution in [3.63, 3.8) is 0 Å². The van der Waals surface area contributed by atoms with Crippen LogP contribution in [0.1, 0.15) is 11.3 Å². The first-order valence-electron chi connectivity index (χ1n) is 7.86. The van der Waals surface area contributed by atoms with Crippen molar-refractivity contribution < 1.29 is 9.15 Å². The van der Waals surface area contributed by atoms with Gasteiger partial charge in [0.25, 0.3) is 0 Å². The normalized spacial score (nSPS) is 10.9. The van der Waals surface area contributed by atoms with Crippen molar-refractivity contribution in [1.82, 2.24) is 15.0 Å². The molecule has 0 saturated heterocycles. The zero-order valence-electron chi connectivity index (χ0n) is 13.3. The second kappa shape index (κ2) is 6.60. The minimum atomic E-state index is -0.381. The summed E-state index contributed by atoms with van der Waals surface area (Å²) < 4.78 is 12.7. The first-order chi connectivity index (χ1) is 12.3. The minimum absolute atomic E-state index is 0.289. The van der Waals surface area contributed by atoms with Crippen molar-refractivity contribution >= 4 is 11.0 Å². The Labute approximate surface area is 143 Å². The molecule has 0 radical (unpaired) electrons. The largest absolute Gasteiger partial charge is 0.487 e. The fourth-order valence-corrected chi connectivity index (χ4v) is 2.54. The molecule has 0 spiro atoms. The Morgan fingerprint density at radius 1 is 1.04 bits per heavy atom. The van der Waals surface area contributed by atoms with Crippen molar-refractivity contribution in [3.05, 3.63) is 88.5 Å². The molecule has 0 aliphatic rings. The monoisotopic (exact) mass is 333 g/mol. The molecule has 0 aliphatic carbocycles. The van der Waals surface area contributed by atoms with Crippen LogP contribution < -0.4 is 10.4 Å². The highest BCUT2D eigenvalue weighted by Gasteiger charge is 2.05. The van der Waals surface area contributed by atoms with E-state index in [9.17, 15) is 4.79 Å². The predicted octanol–water partition coefficient (Wildman–Crippen LogP) is 3.01. The summed E-state index contributed by atoms with van der Waals surface area (Å²) in [6.07, 6.45) is 1.86. The Kier molecular flexibility index (Phi) is 4.00. The summed E-state index contributed by atoms with van der Waals surface area (Å²) in [5, 5.41) is 9.08. The van der Waals surface area contributed by atoms with Crippen molar-refractivity contribution in [2.24, 2.45) is 0 Å². The molecule has 25 heavy (non-hydrogen) atoms. The van der Waals surface area contributed by atoms with E-state index in [0.29, 0.717) is 17.9 Å². The number of hydrogen-bond acceptors (Lipinski definition) is 5. The number of ether oxygens (including phenoxy) is 1. The molecule has 0 atom stereocenters. The summed E-state index contributed by atoms with van der Waals surface area (Å²) in [4.78, 5) is 11.3. The van der Waals surface area contributed by atoms with Gasteiger partial charge < -0.3 is 9.15 Å². The highest BCUT2D eigenvalue weighted by Crippen LogP contribution is 2.20. The minimum Gasteiger partial charge on any atom is -0.487 e. The maximum atomic E-state index is 11.3. The molecule has 6 heteroatoms. The fraction of sp³-hybridized carbons (Fsp3) is 0.105. The van der Waals surface area contributed by atoms with E-state index in [4.69, 9.17) is 9.15 Å². The van der Waals surface area contributed by atoms with Crippen LogP contribution in [-0.2, 0) is 13.2 Å². The summed E-state index contributed by atoms with van der Waals surface area (Å²) in [5.41, 5.74) is 2.00. The molecule has 2 heterocycles. The van der Waals surface area contributed by atoms with Gasteiger partial charge in [0, 0.05) is 17.5 Å². The number of benzene rings is 2. The first kappa shape index (κ1) is 15.1. The lowest BCUT2D eigenvalue weighted by molar-refractivity contribution is 0.301. The van der Waals surface area contributed by atoms with E-state index in [0.717, 1.165) is 16.6 Å². The van der Waals surface area contributed by atoms with Gasteiger partial charge in [0.2, 0.25) is 0 Å². The van der Waals surface area contributed by atoms with Crippen molar-refractivity contribution in [3.8, 4) is 5.75 Å². The molecule has 4 rings (SSSR count). The van der Waals surface area contributed by atoms with Crippen molar-refractivity contribution in [2.45, 2.75) is 13.2 Å². The third-order valence-electron chi connectivity index (χ3n) is 3.75. The summed E-state index contributed by atoms with van der Waals surface area (Å²) >= 11 is 0. The van der Waals surface area contributed by atoms with E-state index >= 15 is 0 Å². The standard InChI is InChI=1S/C19H15N3O3/c23-19-9-7-15-6-8-17(10-18(15)25-19)24-13-16-12-22(21-20-16)11-14-4-2-1-3-5-14/h1-10,12H,11,13H2. The zero-order valence-corrected chi connectivity index (χ0v) is 13.3. The molecule has 124 valence electrons. The van der Waals surface area contributed by atoms with Crippen LogP contribution in [0.3, 0.4) is 0 Å². The molecule has 2 aromatic heterocycles. The Hall–Kier alpha value is -3.41. The van der Waals surface area contributed by atoms with Crippen LogP contribution in [0.25, 0.3) is 11.0 Å². The van der Waals surface area contributed by atoms with Crippen LogP contribution in [0.4, 0.5) is 0 Å². The second-order valence-electron chi connectivity index (χ2n) is 5.64. The van der Waals surface area contributed by atoms with Gasteiger partial charge in [-0.05, 0) is 23.8 Å². The first-order valence-corrected chi connectivity index (χ1v) is 7.86. The lowest BCUT2D eigenvalue weighted by atomic mass is 10.2. The number of rotatable bonds is 5. The maximum absolute atomic E-state index is 11.3. The van der Waals surface area contributed by atoms with E-state index < -0.39 is 0 Å². The summed E-state index contributed by atoms with van der Waals surface area (Å²) in [5.74, 6) is 0.611. The van der Waals surface area contributed by atoms with Crippen LogP contribution in [-0.4, -0.2) is 15.0 Å². The molecule has 0 amide bonds. The third-order valence-corrected chi connectivity index (χ3v) is 3.75. The highest BCUT2D eigenvalue weighted by molar-refractivity contribution is 5.77. The molecule has 2 aromatic carbocycles. The Morgan fingerprint density at radius 3 is 2.76 bits per heavy atom. The van der Waals surface area contributed by atoms with Crippen LogP contribution >= 0.6 is 0 Å². The Bertz CT molecular complexity index is 1050. The molecular formula is C19H15N3O3. The van der Waals surface area contributed by atoms with Gasteiger partial charge in [0.1, 0.15) is 23.6 Å². The average Bonchev–Trinajstić information content (AvgIpc) is 3.08. The average molecular weight is 333 g/mol. The third kappa shape index (κ3) is 3.58. The van der Waals surface area contributed by atoms with Gasteiger partial charge >= 0.3 is 5.63 Å². The van der Waals surface area contributed by atoms with Crippen LogP contribution in [0, 0.1) is 0 Å². The molecule has 0 unspecified atom stereocenters. The molecule has 0 fully saturated rings. The SMILES string of the molecule is O=c1ccc2ccc(OCc3cn(Cc4ccccc4)nn3)cc2o1. The van der Waals surface area contributed by atoms with Crippen molar-refractivity contribution in [2.75, 3.05) is 0 Å². The number of aromatic nitrogens is 3. The van der Waals surface area contributed by atoms with Crippen LogP contribution in [0.15, 0.2) is 76.1 Å². The van der Waals surface area contributed by atoms with Gasteiger partial charge in [-0.15, -0.1) is 5.10 Å². The van der Waals surface area contributed by atoms with Gasteiger partial charge in [-0.1, -0.05) is 35.5 Å². The summed E-state index contributed by atoms with van der Waals surface area (Å²) in [7, 11) is 0. The molecule has 4 aromatic rings. The maximum Gasteiger partial charge on any atom is 0.336 e. The van der Waals surface area contributed by atoms with Crippen LogP contribution in [0.2, 0.25) is 0 Å². The molecule has 0 N–H and O–H groups in total. The van der Waals surface area contributed by atoms with E-state index in [1.807, 2.05) is 48.7 Å². The van der Waals surface area contributed by atoms with Gasteiger partial charge in [-0.2, -0.15) is 0 Å². The molecule has 0 saturated carbocycles. The Morgan fingerprint density at radius 2 is 1.88 bits per heavy atom. The van der Waals surface area contributed by atoms with E-state index in [-0.39, 0.29) is 12.2 Å². The van der Waals surface area contributed by atoms with E-state index in [2.05, 4.69) is 10.3 Å². The molecular weight excluding hydrogens is 318 g/mol. The van der Waals surface area contributed by atoms with E-state index in [1.165, 1.54) is 6.07 Å². The molecule has 0 bridgehead atoms. The number of hydrogen-bond donors (Lipinski definition) is 0. The predicted molar refractivity (Wildman–Crippen MR) is 92.4 cm³/mol. The topological polar surface area (TPSA) is 70.2 Å². The highest BCUT2D eigenvalue weighted by atomic mass is 16.5. The van der Waals surface area contributed by atoms with Gasteiger partial charge in [0.15, 0.2) is 0 Å². The fourth-order valence-electron chi connectivity index (χ4n) is 2.54. The van der Waals surface area contributed by atoms with Gasteiger partial charge in [0.05, 0.1) is 12.7 Å². The summed E-state index contributed by atoms with van der Waals surface area (Å²) in [6.45, 7) is 0.951. The van der Waals surface area contributed by atoms with E-state index in [1.54, 1.807) is 16.8 Å². The van der Waals surface area contributed by atoms with Crippen molar-refractivity contribution in [1.29, 1.82) is 0 Å². The molecule has 6 nitrogen and oxygen atoms in total. The lowest BCUT2D eigenvalue weighted by Crippen LogP contribution is -2.00. The second-order valence-corrected chi connectivity index (χ2v) is 5.64. The number of fused-ring (bicyclic) bond motifs is 1. The zero-order chi connectivity index (χ0) is 17.1. The Balaban J connectivity index is 1.44. The quantitative estimate of drug-likeness (QED) is 0.525. The smallest absolute Gasteiger partial charge is 0.336 e. The summed E-state index contributed by atoms with van der Waals surface area (Å²) in [6, 6.07) is 18.6. The van der Waals surface area contributed by atoms with Gasteiger partial charge in [-0.3, -0.25) is 0 Å². The number of nitrogens with zero attached hydrogens (tertiary/aromatic N) is 3. The lowest BCUT2D eigenvalue weighted by Gasteiger charge is -2.04.